The largest absolute Gasteiger partial charge is 0.507 e. The Labute approximate surface area is 228 Å². The van der Waals surface area contributed by atoms with E-state index in [9.17, 15) is 9.90 Å². The Hall–Kier alpha value is -3.77. The maximum atomic E-state index is 13.8. The Balaban J connectivity index is 1.62. The molecule has 4 aromatic rings. The number of halogens is 1. The van der Waals surface area contributed by atoms with E-state index in [2.05, 4.69) is 17.1 Å². The van der Waals surface area contributed by atoms with Crippen molar-refractivity contribution >= 4 is 17.5 Å². The monoisotopic (exact) mass is 529 g/mol. The van der Waals surface area contributed by atoms with Crippen LogP contribution in [0.25, 0.3) is 11.3 Å². The van der Waals surface area contributed by atoms with Crippen LogP contribution in [-0.2, 0) is 6.54 Å². The van der Waals surface area contributed by atoms with E-state index in [1.165, 1.54) is 0 Å². The summed E-state index contributed by atoms with van der Waals surface area (Å²) < 4.78 is 6.05. The van der Waals surface area contributed by atoms with Gasteiger partial charge in [-0.05, 0) is 66.8 Å². The quantitative estimate of drug-likeness (QED) is 0.222. The summed E-state index contributed by atoms with van der Waals surface area (Å²) in [5, 5.41) is 19.1. The molecule has 2 heterocycles. The molecular weight excluding hydrogens is 498 g/mol. The maximum Gasteiger partial charge on any atom is 0.273 e. The van der Waals surface area contributed by atoms with Gasteiger partial charge < -0.3 is 14.7 Å². The molecule has 38 heavy (non-hydrogen) atoms. The molecule has 6 nitrogen and oxygen atoms in total. The van der Waals surface area contributed by atoms with Crippen molar-refractivity contribution in [2.24, 2.45) is 0 Å². The van der Waals surface area contributed by atoms with Gasteiger partial charge in [-0.1, -0.05) is 67.8 Å². The lowest BCUT2D eigenvalue weighted by Gasteiger charge is -2.27. The Morgan fingerprint density at radius 2 is 1.89 bits per heavy atom. The summed E-state index contributed by atoms with van der Waals surface area (Å²) in [4.78, 5) is 15.6. The SMILES string of the molecule is CCCCCOc1cccc(C2c3c(-c4cc(C)cc(C)c4O)n[nH]c3C(=O)N2Cc2ccccc2Cl)c1. The number of hydrogen-bond acceptors (Lipinski definition) is 4. The Bertz CT molecular complexity index is 1480. The van der Waals surface area contributed by atoms with Crippen LogP contribution in [0.2, 0.25) is 5.02 Å². The minimum atomic E-state index is -0.443. The van der Waals surface area contributed by atoms with Gasteiger partial charge in [0.25, 0.3) is 5.91 Å². The highest BCUT2D eigenvalue weighted by Crippen LogP contribution is 2.46. The highest BCUT2D eigenvalue weighted by Gasteiger charge is 2.43. The summed E-state index contributed by atoms with van der Waals surface area (Å²) >= 11 is 6.51. The molecule has 1 aromatic heterocycles. The van der Waals surface area contributed by atoms with Crippen LogP contribution < -0.4 is 4.74 Å². The van der Waals surface area contributed by atoms with Crippen LogP contribution in [0.3, 0.4) is 0 Å². The molecule has 1 aliphatic rings. The molecule has 2 N–H and O–H groups in total. The molecule has 0 aliphatic carbocycles. The number of aromatic hydroxyl groups is 1. The van der Waals surface area contributed by atoms with E-state index in [-0.39, 0.29) is 11.7 Å². The van der Waals surface area contributed by atoms with Gasteiger partial charge in [0, 0.05) is 22.7 Å². The van der Waals surface area contributed by atoms with Gasteiger partial charge in [0.05, 0.1) is 12.6 Å². The second kappa shape index (κ2) is 10.9. The number of ether oxygens (including phenoxy) is 1. The Kier molecular flexibility index (Phi) is 7.43. The van der Waals surface area contributed by atoms with Gasteiger partial charge in [0.1, 0.15) is 22.9 Å². The molecule has 196 valence electrons. The average Bonchev–Trinajstić information content (AvgIpc) is 3.44. The second-order valence-electron chi connectivity index (χ2n) is 9.89. The first-order chi connectivity index (χ1) is 18.4. The highest BCUT2D eigenvalue weighted by molar-refractivity contribution is 6.31. The van der Waals surface area contributed by atoms with Gasteiger partial charge in [-0.15, -0.1) is 0 Å². The summed E-state index contributed by atoms with van der Waals surface area (Å²) in [5.41, 5.74) is 5.85. The zero-order valence-electron chi connectivity index (χ0n) is 21.9. The van der Waals surface area contributed by atoms with E-state index in [1.54, 1.807) is 0 Å². The number of amides is 1. The third-order valence-electron chi connectivity index (χ3n) is 7.05. The number of benzene rings is 3. The van der Waals surface area contributed by atoms with Crippen molar-refractivity contribution in [3.05, 3.63) is 99.2 Å². The number of unbranched alkanes of at least 4 members (excludes halogenated alkanes) is 2. The molecule has 0 saturated heterocycles. The number of H-pyrrole nitrogens is 1. The number of carbonyl (C=O) groups is 1. The van der Waals surface area contributed by atoms with Crippen molar-refractivity contribution in [2.75, 3.05) is 6.61 Å². The van der Waals surface area contributed by atoms with Gasteiger partial charge in [0.2, 0.25) is 0 Å². The number of phenolic OH excluding ortho intramolecular Hbond substituents is 1. The number of nitrogens with zero attached hydrogens (tertiary/aromatic N) is 2. The fourth-order valence-electron chi connectivity index (χ4n) is 5.18. The fraction of sp³-hybridized carbons (Fsp3) is 0.290. The first-order valence-electron chi connectivity index (χ1n) is 13.0. The zero-order valence-corrected chi connectivity index (χ0v) is 22.7. The Morgan fingerprint density at radius 1 is 1.08 bits per heavy atom. The predicted octanol–water partition coefficient (Wildman–Crippen LogP) is 7.37. The van der Waals surface area contributed by atoms with Crippen molar-refractivity contribution in [2.45, 2.75) is 52.6 Å². The first-order valence-corrected chi connectivity index (χ1v) is 13.4. The predicted molar refractivity (Wildman–Crippen MR) is 150 cm³/mol. The first kappa shape index (κ1) is 25.9. The summed E-state index contributed by atoms with van der Waals surface area (Å²) in [6.45, 7) is 6.98. The number of carbonyl (C=O) groups excluding carboxylic acids is 1. The molecule has 0 bridgehead atoms. The summed E-state index contributed by atoms with van der Waals surface area (Å²) in [6.07, 6.45) is 3.23. The van der Waals surface area contributed by atoms with Crippen LogP contribution in [0.5, 0.6) is 11.5 Å². The second-order valence-corrected chi connectivity index (χ2v) is 10.3. The summed E-state index contributed by atoms with van der Waals surface area (Å²) in [6, 6.07) is 18.8. The summed E-state index contributed by atoms with van der Waals surface area (Å²) in [7, 11) is 0. The standard InChI is InChI=1S/C31H32ClN3O3/c1-4-5-8-14-38-23-12-9-11-21(17-23)29-26-27(24-16-19(2)15-20(3)30(24)36)33-34-28(26)31(37)35(29)18-22-10-6-7-13-25(22)32/h6-7,9-13,15-17,29,36H,4-5,8,14,18H2,1-3H3,(H,33,34). The molecule has 7 heteroatoms. The van der Waals surface area contributed by atoms with Crippen molar-refractivity contribution in [3.8, 4) is 22.8 Å². The number of hydrogen-bond donors (Lipinski definition) is 2. The number of aryl methyl sites for hydroxylation is 2. The number of aromatic nitrogens is 2. The number of phenols is 1. The van der Waals surface area contributed by atoms with Crippen LogP contribution >= 0.6 is 11.6 Å². The smallest absolute Gasteiger partial charge is 0.273 e. The molecule has 0 fully saturated rings. The highest BCUT2D eigenvalue weighted by atomic mass is 35.5. The average molecular weight is 530 g/mol. The molecule has 0 saturated carbocycles. The molecule has 3 aromatic carbocycles. The number of nitrogens with one attached hydrogen (secondary N) is 1. The van der Waals surface area contributed by atoms with E-state index >= 15 is 0 Å². The van der Waals surface area contributed by atoms with Crippen molar-refractivity contribution in [1.29, 1.82) is 0 Å². The van der Waals surface area contributed by atoms with Crippen molar-refractivity contribution in [3.63, 3.8) is 0 Å². The number of aromatic amines is 1. The van der Waals surface area contributed by atoms with Gasteiger partial charge in [-0.3, -0.25) is 9.89 Å². The molecule has 0 radical (unpaired) electrons. The normalized spacial score (nSPS) is 14.7. The minimum absolute atomic E-state index is 0.161. The van der Waals surface area contributed by atoms with Gasteiger partial charge >= 0.3 is 0 Å². The fourth-order valence-corrected chi connectivity index (χ4v) is 5.37. The van der Waals surface area contributed by atoms with Crippen LogP contribution in [-0.4, -0.2) is 32.7 Å². The Morgan fingerprint density at radius 3 is 2.68 bits per heavy atom. The maximum absolute atomic E-state index is 13.8. The summed E-state index contributed by atoms with van der Waals surface area (Å²) in [5.74, 6) is 0.756. The minimum Gasteiger partial charge on any atom is -0.507 e. The van der Waals surface area contributed by atoms with Crippen LogP contribution in [0.4, 0.5) is 0 Å². The lowest BCUT2D eigenvalue weighted by Crippen LogP contribution is -2.29. The molecule has 1 atom stereocenters. The number of rotatable bonds is 9. The van der Waals surface area contributed by atoms with Crippen LogP contribution in [0.15, 0.2) is 60.7 Å². The topological polar surface area (TPSA) is 78.5 Å². The zero-order chi connectivity index (χ0) is 26.8. The number of fused-ring (bicyclic) bond motifs is 1. The molecular formula is C31H32ClN3O3. The molecule has 1 unspecified atom stereocenters. The molecule has 0 spiro atoms. The molecule has 5 rings (SSSR count). The van der Waals surface area contributed by atoms with Crippen LogP contribution in [0, 0.1) is 13.8 Å². The third kappa shape index (κ3) is 4.88. The molecule has 1 aliphatic heterocycles. The van der Waals surface area contributed by atoms with Crippen LogP contribution in [0.1, 0.15) is 70.5 Å². The van der Waals surface area contributed by atoms with E-state index in [0.29, 0.717) is 35.1 Å². The van der Waals surface area contributed by atoms with Gasteiger partial charge in [0.15, 0.2) is 0 Å². The lowest BCUT2D eigenvalue weighted by atomic mass is 9.94. The van der Waals surface area contributed by atoms with E-state index in [4.69, 9.17) is 16.3 Å². The van der Waals surface area contributed by atoms with Gasteiger partial charge in [-0.25, -0.2) is 0 Å². The third-order valence-corrected chi connectivity index (χ3v) is 7.42. The van der Waals surface area contributed by atoms with E-state index in [1.807, 2.05) is 79.4 Å². The van der Waals surface area contributed by atoms with Crippen molar-refractivity contribution in [1.82, 2.24) is 15.1 Å². The molecule has 1 amide bonds. The van der Waals surface area contributed by atoms with Crippen molar-refractivity contribution < 1.29 is 14.6 Å². The lowest BCUT2D eigenvalue weighted by molar-refractivity contribution is 0.0730. The van der Waals surface area contributed by atoms with E-state index < -0.39 is 6.04 Å². The van der Waals surface area contributed by atoms with E-state index in [0.717, 1.165) is 52.8 Å². The van der Waals surface area contributed by atoms with Gasteiger partial charge in [-0.2, -0.15) is 5.10 Å².